The summed E-state index contributed by atoms with van der Waals surface area (Å²) in [5, 5.41) is 7.17. The number of esters is 1. The van der Waals surface area contributed by atoms with E-state index in [1.807, 2.05) is 25.3 Å². The second-order valence-corrected chi connectivity index (χ2v) is 10.8. The fraction of sp³-hybridized carbons (Fsp3) is 0.586. The smallest absolute Gasteiger partial charge is 0.335 e. The van der Waals surface area contributed by atoms with Gasteiger partial charge in [-0.3, -0.25) is 4.79 Å². The van der Waals surface area contributed by atoms with Gasteiger partial charge in [0.05, 0.1) is 25.4 Å². The van der Waals surface area contributed by atoms with E-state index < -0.39 is 11.9 Å². The maximum Gasteiger partial charge on any atom is 0.335 e. The lowest BCUT2D eigenvalue weighted by molar-refractivity contribution is -0.139. The minimum Gasteiger partial charge on any atom is -0.463 e. The van der Waals surface area contributed by atoms with Gasteiger partial charge in [-0.2, -0.15) is 0 Å². The molecule has 2 aliphatic carbocycles. The Hall–Kier alpha value is -2.15. The zero-order valence-electron chi connectivity index (χ0n) is 22.2. The summed E-state index contributed by atoms with van der Waals surface area (Å²) >= 11 is 6.87. The van der Waals surface area contributed by atoms with Gasteiger partial charge in [0.2, 0.25) is 0 Å². The van der Waals surface area contributed by atoms with Crippen molar-refractivity contribution in [1.82, 2.24) is 10.6 Å². The van der Waals surface area contributed by atoms with E-state index in [0.29, 0.717) is 42.3 Å². The van der Waals surface area contributed by atoms with Crippen LogP contribution in [0.1, 0.15) is 59.3 Å². The Labute approximate surface area is 220 Å². The van der Waals surface area contributed by atoms with Crippen LogP contribution in [0.4, 0.5) is 0 Å². The molecular weight excluding hydrogens is 476 g/mol. The van der Waals surface area contributed by atoms with Gasteiger partial charge in [-0.05, 0) is 68.7 Å². The lowest BCUT2D eigenvalue weighted by Crippen LogP contribution is -2.29. The summed E-state index contributed by atoms with van der Waals surface area (Å²) in [6.07, 6.45) is 12.7. The van der Waals surface area contributed by atoms with Crippen molar-refractivity contribution in [2.45, 2.75) is 59.3 Å². The molecule has 3 aliphatic rings. The normalized spacial score (nSPS) is 26.6. The Kier molecular flexibility index (Phi) is 10.6. The average Bonchev–Trinajstić information content (AvgIpc) is 2.95. The third kappa shape index (κ3) is 7.21. The van der Waals surface area contributed by atoms with Crippen LogP contribution in [0.3, 0.4) is 0 Å². The second kappa shape index (κ2) is 13.4. The highest BCUT2D eigenvalue weighted by atomic mass is 35.5. The number of hydrogen-bond donors (Lipinski definition) is 2. The highest BCUT2D eigenvalue weighted by molar-refractivity contribution is 6.32. The van der Waals surface area contributed by atoms with Gasteiger partial charge in [-0.25, -0.2) is 4.79 Å². The Morgan fingerprint density at radius 3 is 2.72 bits per heavy atom. The number of Topliss-reactive ketones (excluding diaryl/α,β-unsaturated/α-hetero) is 1. The van der Waals surface area contributed by atoms with Crippen LogP contribution in [-0.4, -0.2) is 51.7 Å². The molecule has 0 radical (unpaired) electrons. The molecule has 0 spiro atoms. The Bertz CT molecular complexity index is 987. The first-order chi connectivity index (χ1) is 17.3. The molecule has 1 heterocycles. The largest absolute Gasteiger partial charge is 0.463 e. The molecule has 3 rings (SSSR count). The monoisotopic (exact) mass is 516 g/mol. The number of hydrogen-bond acceptors (Lipinski definition) is 6. The Balaban J connectivity index is 2.27. The summed E-state index contributed by atoms with van der Waals surface area (Å²) < 4.78 is 11.5. The van der Waals surface area contributed by atoms with E-state index in [0.717, 1.165) is 48.9 Å². The van der Waals surface area contributed by atoms with E-state index in [4.69, 9.17) is 21.1 Å². The van der Waals surface area contributed by atoms with Crippen molar-refractivity contribution in [3.63, 3.8) is 0 Å². The maximum atomic E-state index is 13.8. The molecule has 6 nitrogen and oxygen atoms in total. The maximum absolute atomic E-state index is 13.8. The third-order valence-electron chi connectivity index (χ3n) is 6.93. The van der Waals surface area contributed by atoms with Crippen LogP contribution in [0.15, 0.2) is 57.3 Å². The summed E-state index contributed by atoms with van der Waals surface area (Å²) in [5.41, 5.74) is 3.58. The third-order valence-corrected chi connectivity index (χ3v) is 7.27. The first-order valence-corrected chi connectivity index (χ1v) is 13.5. The quantitative estimate of drug-likeness (QED) is 0.344. The lowest BCUT2D eigenvalue weighted by Gasteiger charge is -2.32. The summed E-state index contributed by atoms with van der Waals surface area (Å²) in [4.78, 5) is 27.4. The first-order valence-electron chi connectivity index (χ1n) is 13.1. The molecule has 0 fully saturated rings. The van der Waals surface area contributed by atoms with Crippen molar-refractivity contribution < 1.29 is 19.1 Å². The lowest BCUT2D eigenvalue weighted by atomic mass is 9.73. The van der Waals surface area contributed by atoms with Crippen LogP contribution in [-0.2, 0) is 19.1 Å². The molecule has 0 aromatic rings. The number of nitrogens with one attached hydrogen (secondary N) is 2. The van der Waals surface area contributed by atoms with Gasteiger partial charge in [-0.1, -0.05) is 43.7 Å². The molecule has 1 atom stereocenters. The Morgan fingerprint density at radius 2 is 2.00 bits per heavy atom. The number of likely N-dealkylation sites (N-methyl/N-ethyl adjacent to an activating group) is 1. The van der Waals surface area contributed by atoms with Gasteiger partial charge in [-0.15, -0.1) is 0 Å². The predicted octanol–water partition coefficient (Wildman–Crippen LogP) is 5.12. The summed E-state index contributed by atoms with van der Waals surface area (Å²) in [5.74, 6) is -0.978. The molecular formula is C29H41ClN2O4. The molecule has 36 heavy (non-hydrogen) atoms. The summed E-state index contributed by atoms with van der Waals surface area (Å²) in [6.45, 7) is 8.40. The van der Waals surface area contributed by atoms with Crippen LogP contribution >= 0.6 is 11.6 Å². The molecule has 0 bridgehead atoms. The second-order valence-electron chi connectivity index (χ2n) is 10.4. The van der Waals surface area contributed by atoms with Gasteiger partial charge in [0.15, 0.2) is 5.78 Å². The van der Waals surface area contributed by atoms with Gasteiger partial charge >= 0.3 is 5.97 Å². The molecule has 1 aliphatic heterocycles. The SMILES string of the molecule is CCOC(=O)C1=C(COCCNC)CNC2=C(C(=O)CCCC(C)(C)C2)C1C1=C(Cl)/C=C\CC/C=C\1. The van der Waals surface area contributed by atoms with Crippen molar-refractivity contribution in [3.8, 4) is 0 Å². The molecule has 7 heteroatoms. The van der Waals surface area contributed by atoms with Crippen molar-refractivity contribution in [1.29, 1.82) is 0 Å². The van der Waals surface area contributed by atoms with E-state index in [1.165, 1.54) is 0 Å². The number of ether oxygens (including phenoxy) is 2. The van der Waals surface area contributed by atoms with Crippen molar-refractivity contribution >= 4 is 23.4 Å². The Morgan fingerprint density at radius 1 is 1.25 bits per heavy atom. The average molecular weight is 517 g/mol. The molecule has 0 amide bonds. The van der Waals surface area contributed by atoms with Crippen molar-refractivity contribution in [2.24, 2.45) is 11.3 Å². The summed E-state index contributed by atoms with van der Waals surface area (Å²) in [7, 11) is 1.87. The molecule has 0 saturated heterocycles. The van der Waals surface area contributed by atoms with Gasteiger partial charge in [0.25, 0.3) is 0 Å². The van der Waals surface area contributed by atoms with E-state index in [1.54, 1.807) is 6.92 Å². The fourth-order valence-corrected chi connectivity index (χ4v) is 5.38. The van der Waals surface area contributed by atoms with E-state index in [2.05, 4.69) is 30.6 Å². The van der Waals surface area contributed by atoms with Crippen LogP contribution in [0.2, 0.25) is 0 Å². The molecule has 2 N–H and O–H groups in total. The fourth-order valence-electron chi connectivity index (χ4n) is 5.12. The van der Waals surface area contributed by atoms with Crippen molar-refractivity contribution in [2.75, 3.05) is 40.0 Å². The van der Waals surface area contributed by atoms with Crippen LogP contribution in [0.5, 0.6) is 0 Å². The first kappa shape index (κ1) is 28.4. The van der Waals surface area contributed by atoms with E-state index >= 15 is 0 Å². The van der Waals surface area contributed by atoms with Crippen LogP contribution in [0, 0.1) is 11.3 Å². The highest BCUT2D eigenvalue weighted by Crippen LogP contribution is 2.43. The summed E-state index contributed by atoms with van der Waals surface area (Å²) in [6, 6.07) is 0. The minimum absolute atomic E-state index is 0.0194. The van der Waals surface area contributed by atoms with E-state index in [-0.39, 0.29) is 24.4 Å². The van der Waals surface area contributed by atoms with Crippen LogP contribution in [0.25, 0.3) is 0 Å². The molecule has 0 aromatic heterocycles. The number of carbonyl (C=O) groups excluding carboxylic acids is 2. The van der Waals surface area contributed by atoms with Crippen LogP contribution < -0.4 is 10.6 Å². The number of rotatable bonds is 8. The van der Waals surface area contributed by atoms with Gasteiger partial charge < -0.3 is 20.1 Å². The van der Waals surface area contributed by atoms with E-state index in [9.17, 15) is 9.59 Å². The molecule has 1 unspecified atom stereocenters. The number of ketones is 1. The zero-order chi connectivity index (χ0) is 26.1. The molecule has 0 saturated carbocycles. The van der Waals surface area contributed by atoms with Gasteiger partial charge in [0, 0.05) is 41.7 Å². The zero-order valence-corrected chi connectivity index (χ0v) is 22.9. The minimum atomic E-state index is -0.621. The molecule has 0 aromatic carbocycles. The topological polar surface area (TPSA) is 76.7 Å². The predicted molar refractivity (Wildman–Crippen MR) is 145 cm³/mol. The van der Waals surface area contributed by atoms with Gasteiger partial charge in [0.1, 0.15) is 0 Å². The number of halogens is 1. The van der Waals surface area contributed by atoms with Crippen molar-refractivity contribution in [3.05, 3.63) is 57.3 Å². The number of allylic oxidation sites excluding steroid dienone is 8. The number of carbonyl (C=O) groups is 2. The molecule has 198 valence electrons. The standard InChI is InChI=1S/C29H41ClN2O4/c1-5-36-28(34)25-20(19-35-16-15-31-4)18-32-23-17-29(2,3)14-10-13-24(33)27(23)26(25)21-11-8-6-7-9-12-22(21)30/h8-9,11-12,26,31-32H,5-7,10,13-19H2,1-4H3/b11-8-,12-9-,22-21-. The highest BCUT2D eigenvalue weighted by Gasteiger charge is 2.40.